The van der Waals surface area contributed by atoms with Gasteiger partial charge in [-0.1, -0.05) is 77.8 Å². The summed E-state index contributed by atoms with van der Waals surface area (Å²) in [6.45, 7) is 0. The SMILES string of the molecule is COc1c(Cl)cccc1NC(=O)Nc1ccc([N+](=O)[O-])cc1O.O=C(Nc1ccc([N+](=O)[O-])cc1O)Nc1ccccc1Oc1ccccc1.O=C(Nc1ccccc1Br)Nc1cccc(Cl)c1O. The van der Waals surface area contributed by atoms with Crippen molar-refractivity contribution in [2.75, 3.05) is 39.0 Å². The molecule has 354 valence electrons. The highest BCUT2D eigenvalue weighted by Crippen LogP contribution is 2.35. The number of ether oxygens (including phenoxy) is 2. The molecule has 0 aliphatic heterocycles. The number of phenols is 3. The molecule has 0 aliphatic carbocycles. The van der Waals surface area contributed by atoms with Gasteiger partial charge in [-0.2, -0.15) is 0 Å². The fraction of sp³-hybridized carbons (Fsp3) is 0.0217. The van der Waals surface area contributed by atoms with E-state index in [1.807, 2.05) is 30.3 Å². The van der Waals surface area contributed by atoms with Gasteiger partial charge in [-0.15, -0.1) is 0 Å². The highest BCUT2D eigenvalue weighted by Gasteiger charge is 2.16. The summed E-state index contributed by atoms with van der Waals surface area (Å²) in [6, 6.07) is 37.6. The molecule has 0 saturated heterocycles. The second kappa shape index (κ2) is 24.7. The molecule has 23 heteroatoms. The molecule has 20 nitrogen and oxygen atoms in total. The molecule has 0 unspecified atom stereocenters. The number of para-hydroxylation sites is 6. The average Bonchev–Trinajstić information content (AvgIpc) is 3.31. The molecule has 69 heavy (non-hydrogen) atoms. The molecule has 7 aromatic rings. The molecule has 0 saturated carbocycles. The van der Waals surface area contributed by atoms with Crippen LogP contribution in [0.3, 0.4) is 0 Å². The number of hydrogen-bond donors (Lipinski definition) is 9. The number of nitro groups is 2. The molecule has 7 aromatic carbocycles. The third kappa shape index (κ3) is 15.1. The average molecular weight is 1040 g/mol. The summed E-state index contributed by atoms with van der Waals surface area (Å²) in [5.41, 5.74) is 1.12. The molecule has 0 bridgehead atoms. The number of phenolic OH excluding ortho intramolecular Hbond substituents is 3. The van der Waals surface area contributed by atoms with Crippen molar-refractivity contribution < 1.29 is 49.0 Å². The number of nitro benzene ring substituents is 2. The first-order chi connectivity index (χ1) is 33.0. The van der Waals surface area contributed by atoms with Crippen molar-refractivity contribution in [2.24, 2.45) is 0 Å². The van der Waals surface area contributed by atoms with E-state index >= 15 is 0 Å². The lowest BCUT2D eigenvalue weighted by Crippen LogP contribution is -2.20. The Bertz CT molecular complexity index is 2990. The number of halogens is 3. The number of anilines is 6. The summed E-state index contributed by atoms with van der Waals surface area (Å²) in [5.74, 6) is 0.344. The molecule has 0 spiro atoms. The van der Waals surface area contributed by atoms with Crippen LogP contribution in [0.1, 0.15) is 0 Å². The largest absolute Gasteiger partial charge is 0.506 e. The van der Waals surface area contributed by atoms with E-state index in [-0.39, 0.29) is 45.0 Å². The van der Waals surface area contributed by atoms with Crippen molar-refractivity contribution in [3.05, 3.63) is 186 Å². The van der Waals surface area contributed by atoms with Gasteiger partial charge in [-0.05, 0) is 88.7 Å². The van der Waals surface area contributed by atoms with Gasteiger partial charge in [0.2, 0.25) is 0 Å². The van der Waals surface area contributed by atoms with Crippen molar-refractivity contribution >= 4 is 103 Å². The van der Waals surface area contributed by atoms with Crippen LogP contribution in [0.2, 0.25) is 10.0 Å². The van der Waals surface area contributed by atoms with Gasteiger partial charge in [0, 0.05) is 16.6 Å². The minimum atomic E-state index is -0.672. The molecule has 0 fully saturated rings. The molecule has 6 amide bonds. The van der Waals surface area contributed by atoms with Crippen LogP contribution in [0.15, 0.2) is 156 Å². The normalized spacial score (nSPS) is 10.0. The molecule has 7 rings (SSSR count). The molecule has 0 radical (unpaired) electrons. The number of rotatable bonds is 11. The number of amides is 6. The lowest BCUT2D eigenvalue weighted by Gasteiger charge is -2.13. The number of benzene rings is 7. The van der Waals surface area contributed by atoms with Crippen molar-refractivity contribution in [1.29, 1.82) is 0 Å². The summed E-state index contributed by atoms with van der Waals surface area (Å²) in [7, 11) is 1.41. The third-order valence-electron chi connectivity index (χ3n) is 8.76. The molecule has 0 aliphatic rings. The fourth-order valence-electron chi connectivity index (χ4n) is 5.57. The Hall–Kier alpha value is -8.79. The highest BCUT2D eigenvalue weighted by molar-refractivity contribution is 9.10. The number of carbonyl (C=O) groups excluding carboxylic acids is 3. The Morgan fingerprint density at radius 1 is 0.522 bits per heavy atom. The Kier molecular flexibility index (Phi) is 18.3. The van der Waals surface area contributed by atoms with Gasteiger partial charge >= 0.3 is 18.1 Å². The predicted molar refractivity (Wildman–Crippen MR) is 266 cm³/mol. The third-order valence-corrected chi connectivity index (χ3v) is 10.1. The van der Waals surface area contributed by atoms with E-state index in [9.17, 15) is 49.9 Å². The van der Waals surface area contributed by atoms with Gasteiger partial charge in [0.05, 0.1) is 73.3 Å². The van der Waals surface area contributed by atoms with Crippen LogP contribution in [-0.2, 0) is 0 Å². The second-order valence-electron chi connectivity index (χ2n) is 13.5. The predicted octanol–water partition coefficient (Wildman–Crippen LogP) is 12.8. The number of nitrogens with one attached hydrogen (secondary N) is 6. The van der Waals surface area contributed by atoms with E-state index in [4.69, 9.17) is 32.7 Å². The van der Waals surface area contributed by atoms with Gasteiger partial charge in [-0.3, -0.25) is 20.2 Å². The van der Waals surface area contributed by atoms with Gasteiger partial charge in [0.25, 0.3) is 11.4 Å². The molecular weight excluding hydrogens is 1010 g/mol. The van der Waals surface area contributed by atoms with Gasteiger partial charge < -0.3 is 56.7 Å². The number of non-ortho nitro benzene ring substituents is 2. The van der Waals surface area contributed by atoms with Crippen molar-refractivity contribution in [2.45, 2.75) is 0 Å². The van der Waals surface area contributed by atoms with Crippen molar-refractivity contribution in [1.82, 2.24) is 0 Å². The van der Waals surface area contributed by atoms with Crippen LogP contribution in [-0.4, -0.2) is 50.4 Å². The zero-order chi connectivity index (χ0) is 50.0. The van der Waals surface area contributed by atoms with E-state index in [0.717, 1.165) is 22.7 Å². The lowest BCUT2D eigenvalue weighted by molar-refractivity contribution is -0.385. The number of methoxy groups -OCH3 is 1. The summed E-state index contributed by atoms with van der Waals surface area (Å²) in [4.78, 5) is 56.0. The summed E-state index contributed by atoms with van der Waals surface area (Å²) >= 11 is 15.0. The molecule has 0 atom stereocenters. The highest BCUT2D eigenvalue weighted by atomic mass is 79.9. The quantitative estimate of drug-likeness (QED) is 0.0332. The van der Waals surface area contributed by atoms with Gasteiger partial charge in [-0.25, -0.2) is 14.4 Å². The van der Waals surface area contributed by atoms with E-state index in [1.54, 1.807) is 78.9 Å². The maximum Gasteiger partial charge on any atom is 0.323 e. The monoisotopic (exact) mass is 1040 g/mol. The number of aromatic hydroxyl groups is 3. The second-order valence-corrected chi connectivity index (χ2v) is 15.2. The number of nitrogens with zero attached hydrogens (tertiary/aromatic N) is 2. The van der Waals surface area contributed by atoms with Gasteiger partial charge in [0.15, 0.2) is 17.2 Å². The Morgan fingerprint density at radius 3 is 1.49 bits per heavy atom. The van der Waals surface area contributed by atoms with Crippen molar-refractivity contribution in [3.8, 4) is 34.5 Å². The topological polar surface area (TPSA) is 289 Å². The maximum absolute atomic E-state index is 12.2. The van der Waals surface area contributed by atoms with Crippen molar-refractivity contribution in [3.63, 3.8) is 0 Å². The van der Waals surface area contributed by atoms with Crippen LogP contribution in [0.5, 0.6) is 34.5 Å². The molecule has 0 aromatic heterocycles. The Balaban J connectivity index is 0.000000196. The van der Waals surface area contributed by atoms with E-state index in [0.29, 0.717) is 33.6 Å². The lowest BCUT2D eigenvalue weighted by atomic mass is 10.2. The van der Waals surface area contributed by atoms with Crippen LogP contribution < -0.4 is 41.4 Å². The zero-order valence-electron chi connectivity index (χ0n) is 35.5. The number of hydrogen-bond acceptors (Lipinski definition) is 12. The minimum Gasteiger partial charge on any atom is -0.506 e. The maximum atomic E-state index is 12.2. The van der Waals surface area contributed by atoms with Gasteiger partial charge in [0.1, 0.15) is 17.2 Å². The van der Waals surface area contributed by atoms with E-state index in [2.05, 4.69) is 47.8 Å². The van der Waals surface area contributed by atoms with E-state index < -0.39 is 39.4 Å². The summed E-state index contributed by atoms with van der Waals surface area (Å²) < 4.78 is 11.6. The smallest absolute Gasteiger partial charge is 0.323 e. The van der Waals surface area contributed by atoms with Crippen LogP contribution in [0.25, 0.3) is 0 Å². The number of urea groups is 3. The van der Waals surface area contributed by atoms with Crippen LogP contribution >= 0.6 is 39.1 Å². The van der Waals surface area contributed by atoms with Crippen LogP contribution in [0.4, 0.5) is 59.9 Å². The first kappa shape index (κ1) is 51.2. The Morgan fingerprint density at radius 2 is 0.957 bits per heavy atom. The molecule has 9 N–H and O–H groups in total. The molecular formula is C46H37BrCl2N8O12. The molecule has 0 heterocycles. The zero-order valence-corrected chi connectivity index (χ0v) is 38.6. The fourth-order valence-corrected chi connectivity index (χ4v) is 6.38. The summed E-state index contributed by atoms with van der Waals surface area (Å²) in [5, 5.41) is 66.1. The summed E-state index contributed by atoms with van der Waals surface area (Å²) in [6.07, 6.45) is 0. The standard InChI is InChI=1S/C19H15N3O5.C14H12ClN3O5.C13H10BrClN2O2/c23-17-12-13(22(25)26)10-11-15(17)20-19(24)21-16-8-4-5-9-18(16)27-14-6-2-1-3-7-14;1-23-13-9(15)3-2-4-11(13)17-14(20)16-10-6-5-8(18(21)22)7-12(10)19;14-8-4-1-2-6-10(8)16-13(19)17-11-7-3-5-9(15)12(11)18/h1-12,23H,(H2,20,21,24);2-7,19H,1H3,(H2,16,17,20);1-7,18H,(H2,16,17,19). The van der Waals surface area contributed by atoms with Crippen LogP contribution in [0, 0.1) is 20.2 Å². The minimum absolute atomic E-state index is 0.0223. The Labute approximate surface area is 409 Å². The first-order valence-corrected chi connectivity index (χ1v) is 21.1. The van der Waals surface area contributed by atoms with E-state index in [1.165, 1.54) is 31.4 Å². The number of carbonyl (C=O) groups is 3. The first-order valence-electron chi connectivity index (χ1n) is 19.6.